The van der Waals surface area contributed by atoms with Crippen molar-refractivity contribution in [1.82, 2.24) is 0 Å². The molecule has 182 valence electrons. The van der Waals surface area contributed by atoms with Crippen LogP contribution in [0.15, 0.2) is 0 Å². The quantitative estimate of drug-likeness (QED) is 0.281. The number of nitriles is 1. The molecule has 0 aromatic rings. The van der Waals surface area contributed by atoms with Gasteiger partial charge in [-0.25, -0.2) is 0 Å². The summed E-state index contributed by atoms with van der Waals surface area (Å²) in [5.41, 5.74) is -1.31. The highest BCUT2D eigenvalue weighted by molar-refractivity contribution is 5.80. The van der Waals surface area contributed by atoms with E-state index in [0.29, 0.717) is 5.92 Å². The van der Waals surface area contributed by atoms with Crippen LogP contribution in [0.4, 0.5) is 0 Å². The summed E-state index contributed by atoms with van der Waals surface area (Å²) in [6, 6.07) is 2.18. The molecule has 3 fully saturated rings. The molecule has 3 rings (SSSR count). The Morgan fingerprint density at radius 3 is 2.00 bits per heavy atom. The van der Waals surface area contributed by atoms with Gasteiger partial charge in [0.15, 0.2) is 6.29 Å². The highest BCUT2D eigenvalue weighted by atomic mass is 16.7. The Kier molecular flexibility index (Phi) is 10.3. The predicted octanol–water partition coefficient (Wildman–Crippen LogP) is 6.55. The van der Waals surface area contributed by atoms with Gasteiger partial charge in [0.25, 0.3) is 0 Å². The molecule has 0 amide bonds. The molecule has 0 unspecified atom stereocenters. The molecule has 1 heterocycles. The molecule has 0 atom stereocenters. The molecule has 1 saturated heterocycles. The molecule has 5 nitrogen and oxygen atoms in total. The minimum Gasteiger partial charge on any atom is -0.461 e. The lowest BCUT2D eigenvalue weighted by molar-refractivity contribution is -0.247. The number of hydrogen-bond acceptors (Lipinski definition) is 5. The Morgan fingerprint density at radius 1 is 0.875 bits per heavy atom. The topological polar surface area (TPSA) is 68.5 Å². The van der Waals surface area contributed by atoms with Crippen LogP contribution < -0.4 is 0 Å². The maximum atomic E-state index is 12.9. The van der Waals surface area contributed by atoms with Crippen LogP contribution >= 0.6 is 0 Å². The summed E-state index contributed by atoms with van der Waals surface area (Å²) in [6.07, 6.45) is 17.5. The van der Waals surface area contributed by atoms with Crippen molar-refractivity contribution >= 4 is 5.97 Å². The summed E-state index contributed by atoms with van der Waals surface area (Å²) in [5.74, 6) is 1.53. The van der Waals surface area contributed by atoms with Gasteiger partial charge in [-0.15, -0.1) is 0 Å². The number of nitrogens with zero attached hydrogens (tertiary/aromatic N) is 1. The number of rotatable bonds is 10. The van der Waals surface area contributed by atoms with Crippen LogP contribution in [0.3, 0.4) is 0 Å². The Hall–Kier alpha value is -1.12. The minimum absolute atomic E-state index is 0.0636. The van der Waals surface area contributed by atoms with Gasteiger partial charge in [0.2, 0.25) is 5.41 Å². The predicted molar refractivity (Wildman–Crippen MR) is 125 cm³/mol. The summed E-state index contributed by atoms with van der Waals surface area (Å²) in [6.45, 7) is 4.67. The molecule has 2 saturated carbocycles. The van der Waals surface area contributed by atoms with Gasteiger partial charge < -0.3 is 14.2 Å². The first kappa shape index (κ1) is 25.5. The normalized spacial score (nSPS) is 35.7. The lowest BCUT2D eigenvalue weighted by atomic mass is 9.79. The Labute approximate surface area is 195 Å². The Morgan fingerprint density at radius 2 is 1.44 bits per heavy atom. The van der Waals surface area contributed by atoms with Crippen molar-refractivity contribution in [3.63, 3.8) is 0 Å². The number of esters is 1. The molecule has 0 bridgehead atoms. The monoisotopic (exact) mass is 447 g/mol. The molecule has 32 heavy (non-hydrogen) atoms. The standard InChI is InChI=1S/C27H45NO4/c1-3-5-7-9-22-10-14-23(15-11-22)25-30-19-27(18-28,20-31-25)26(29)32-24-16-12-21(13-17-24)8-6-4-2/h21-25H,3-17,19-20H2,1-2H3. The van der Waals surface area contributed by atoms with Crippen LogP contribution in [0.25, 0.3) is 0 Å². The number of ether oxygens (including phenoxy) is 3. The number of carbonyl (C=O) groups is 1. The number of carbonyl (C=O) groups excluding carboxylic acids is 1. The largest absolute Gasteiger partial charge is 0.461 e. The molecule has 1 aliphatic heterocycles. The average molecular weight is 448 g/mol. The smallest absolute Gasteiger partial charge is 0.331 e. The molecule has 2 aliphatic carbocycles. The maximum Gasteiger partial charge on any atom is 0.331 e. The van der Waals surface area contributed by atoms with E-state index in [1.165, 1.54) is 57.8 Å². The van der Waals surface area contributed by atoms with E-state index >= 15 is 0 Å². The first-order valence-corrected chi connectivity index (χ1v) is 13.5. The lowest BCUT2D eigenvalue weighted by Crippen LogP contribution is -2.50. The number of unbranched alkanes of at least 4 members (excludes halogenated alkanes) is 3. The Bertz CT molecular complexity index is 591. The first-order valence-electron chi connectivity index (χ1n) is 13.5. The van der Waals surface area contributed by atoms with Crippen LogP contribution in [-0.2, 0) is 19.0 Å². The van der Waals surface area contributed by atoms with Gasteiger partial charge in [-0.1, -0.05) is 58.8 Å². The molecule has 0 aromatic heterocycles. The van der Waals surface area contributed by atoms with Crippen LogP contribution in [0.1, 0.15) is 110 Å². The van der Waals surface area contributed by atoms with Crippen LogP contribution in [0.5, 0.6) is 0 Å². The molecule has 0 N–H and O–H groups in total. The molecule has 0 aromatic carbocycles. The molecule has 0 spiro atoms. The van der Waals surface area contributed by atoms with Crippen molar-refractivity contribution in [1.29, 1.82) is 5.26 Å². The van der Waals surface area contributed by atoms with E-state index in [1.807, 2.05) is 0 Å². The second-order valence-electron chi connectivity index (χ2n) is 10.7. The van der Waals surface area contributed by atoms with E-state index in [2.05, 4.69) is 19.9 Å². The first-order chi connectivity index (χ1) is 15.6. The summed E-state index contributed by atoms with van der Waals surface area (Å²) in [5, 5.41) is 9.80. The van der Waals surface area contributed by atoms with Gasteiger partial charge in [0.1, 0.15) is 6.10 Å². The maximum absolute atomic E-state index is 12.9. The van der Waals surface area contributed by atoms with Crippen LogP contribution in [0.2, 0.25) is 0 Å². The molecular weight excluding hydrogens is 402 g/mol. The molecule has 3 aliphatic rings. The van der Waals surface area contributed by atoms with Crippen molar-refractivity contribution in [2.75, 3.05) is 13.2 Å². The van der Waals surface area contributed by atoms with Crippen LogP contribution in [0, 0.1) is 34.5 Å². The van der Waals surface area contributed by atoms with E-state index < -0.39 is 11.4 Å². The molecule has 0 radical (unpaired) electrons. The van der Waals surface area contributed by atoms with Crippen molar-refractivity contribution in [3.05, 3.63) is 0 Å². The third-order valence-electron chi connectivity index (χ3n) is 8.12. The van der Waals surface area contributed by atoms with Gasteiger partial charge >= 0.3 is 5.97 Å². The van der Waals surface area contributed by atoms with Gasteiger partial charge in [-0.05, 0) is 63.2 Å². The van der Waals surface area contributed by atoms with E-state index in [-0.39, 0.29) is 25.6 Å². The fourth-order valence-electron chi connectivity index (χ4n) is 5.77. The zero-order chi connectivity index (χ0) is 22.8. The van der Waals surface area contributed by atoms with Gasteiger partial charge in [-0.2, -0.15) is 5.26 Å². The molecular formula is C27H45NO4. The summed E-state index contributed by atoms with van der Waals surface area (Å²) >= 11 is 0. The fraction of sp³-hybridized carbons (Fsp3) is 0.926. The second kappa shape index (κ2) is 12.9. The van der Waals surface area contributed by atoms with Crippen molar-refractivity contribution in [3.8, 4) is 6.07 Å². The van der Waals surface area contributed by atoms with E-state index in [9.17, 15) is 10.1 Å². The van der Waals surface area contributed by atoms with Gasteiger partial charge in [0, 0.05) is 5.92 Å². The van der Waals surface area contributed by atoms with Crippen molar-refractivity contribution in [2.24, 2.45) is 23.2 Å². The van der Waals surface area contributed by atoms with E-state index in [4.69, 9.17) is 14.2 Å². The van der Waals surface area contributed by atoms with Gasteiger partial charge in [-0.3, -0.25) is 4.79 Å². The highest BCUT2D eigenvalue weighted by Gasteiger charge is 2.48. The lowest BCUT2D eigenvalue weighted by Gasteiger charge is -2.40. The third-order valence-corrected chi connectivity index (χ3v) is 8.12. The summed E-state index contributed by atoms with van der Waals surface area (Å²) in [7, 11) is 0. The van der Waals surface area contributed by atoms with Crippen molar-refractivity contribution < 1.29 is 19.0 Å². The highest BCUT2D eigenvalue weighted by Crippen LogP contribution is 2.38. The van der Waals surface area contributed by atoms with Crippen molar-refractivity contribution in [2.45, 2.75) is 123 Å². The number of hydrogen-bond donors (Lipinski definition) is 0. The van der Waals surface area contributed by atoms with E-state index in [1.54, 1.807) is 0 Å². The minimum atomic E-state index is -1.31. The van der Waals surface area contributed by atoms with Gasteiger partial charge in [0.05, 0.1) is 19.3 Å². The third kappa shape index (κ3) is 6.94. The zero-order valence-electron chi connectivity index (χ0n) is 20.5. The zero-order valence-corrected chi connectivity index (χ0v) is 20.5. The fourth-order valence-corrected chi connectivity index (χ4v) is 5.77. The average Bonchev–Trinajstić information content (AvgIpc) is 2.84. The SMILES string of the molecule is CCCCCC1CCC(C2OCC(C#N)(C(=O)OC3CCC(CCCC)CC3)CO2)CC1. The summed E-state index contributed by atoms with van der Waals surface area (Å²) in [4.78, 5) is 12.9. The second-order valence-corrected chi connectivity index (χ2v) is 10.7. The van der Waals surface area contributed by atoms with Crippen LogP contribution in [-0.4, -0.2) is 31.6 Å². The summed E-state index contributed by atoms with van der Waals surface area (Å²) < 4.78 is 17.8. The Balaban J connectivity index is 1.40. The van der Waals surface area contributed by atoms with E-state index in [0.717, 1.165) is 50.4 Å². The molecule has 5 heteroatoms.